The zero-order chi connectivity index (χ0) is 13.8. The number of nitrogens with one attached hydrogen (secondary N) is 1. The highest BCUT2D eigenvalue weighted by molar-refractivity contribution is 5.85. The number of carbonyl (C=O) groups excluding carboxylic acids is 2. The topological polar surface area (TPSA) is 78.7 Å². The molecule has 0 saturated carbocycles. The molecule has 108 valence electrons. The zero-order valence-corrected chi connectivity index (χ0v) is 11.6. The molecule has 6 heteroatoms. The highest BCUT2D eigenvalue weighted by Gasteiger charge is 2.34. The van der Waals surface area contributed by atoms with Crippen LogP contribution in [-0.2, 0) is 9.59 Å². The van der Waals surface area contributed by atoms with E-state index in [0.717, 1.165) is 19.6 Å². The minimum absolute atomic E-state index is 0.000441. The first-order valence-electron chi connectivity index (χ1n) is 7.12. The Labute approximate surface area is 114 Å². The molecule has 0 aliphatic carbocycles. The fourth-order valence-electron chi connectivity index (χ4n) is 3.05. The molecule has 2 unspecified atom stereocenters. The van der Waals surface area contributed by atoms with Crippen LogP contribution in [-0.4, -0.2) is 66.4 Å². The summed E-state index contributed by atoms with van der Waals surface area (Å²) in [4.78, 5) is 27.7. The maximum absolute atomic E-state index is 12.2. The maximum Gasteiger partial charge on any atom is 0.242 e. The molecule has 0 radical (unpaired) electrons. The largest absolute Gasteiger partial charge is 0.346 e. The lowest BCUT2D eigenvalue weighted by Crippen LogP contribution is -2.61. The van der Waals surface area contributed by atoms with E-state index in [1.807, 2.05) is 4.90 Å². The van der Waals surface area contributed by atoms with Gasteiger partial charge in [0.1, 0.15) is 0 Å². The number of amides is 2. The molecule has 0 bridgehead atoms. The van der Waals surface area contributed by atoms with Crippen LogP contribution >= 0.6 is 0 Å². The number of rotatable bonds is 3. The van der Waals surface area contributed by atoms with E-state index in [4.69, 9.17) is 5.73 Å². The second-order valence-electron chi connectivity index (χ2n) is 5.52. The van der Waals surface area contributed by atoms with Crippen molar-refractivity contribution in [2.75, 3.05) is 32.7 Å². The van der Waals surface area contributed by atoms with Gasteiger partial charge in [0.25, 0.3) is 0 Å². The fraction of sp³-hybridized carbons (Fsp3) is 0.846. The van der Waals surface area contributed by atoms with Gasteiger partial charge in [0, 0.05) is 25.2 Å². The number of nitrogens with zero attached hydrogens (tertiary/aromatic N) is 2. The summed E-state index contributed by atoms with van der Waals surface area (Å²) >= 11 is 0. The number of carbonyl (C=O) groups is 2. The predicted molar refractivity (Wildman–Crippen MR) is 72.5 cm³/mol. The van der Waals surface area contributed by atoms with Gasteiger partial charge in [-0.15, -0.1) is 0 Å². The first kappa shape index (κ1) is 14.3. The number of hydrogen-bond acceptors (Lipinski definition) is 4. The zero-order valence-electron chi connectivity index (χ0n) is 11.6. The Morgan fingerprint density at radius 3 is 2.84 bits per heavy atom. The molecular formula is C13H24N4O2. The molecule has 2 atom stereocenters. The van der Waals surface area contributed by atoms with Crippen LogP contribution in [0, 0.1) is 0 Å². The average molecular weight is 268 g/mol. The predicted octanol–water partition coefficient (Wildman–Crippen LogP) is -0.853. The van der Waals surface area contributed by atoms with E-state index < -0.39 is 0 Å². The second kappa shape index (κ2) is 6.34. The van der Waals surface area contributed by atoms with Crippen molar-refractivity contribution in [3.63, 3.8) is 0 Å². The monoisotopic (exact) mass is 268 g/mol. The SMILES string of the molecule is CC1CN2CCCCC2CN1C(=O)CNC(=O)CN. The van der Waals surface area contributed by atoms with Crippen molar-refractivity contribution in [3.05, 3.63) is 0 Å². The van der Waals surface area contributed by atoms with Gasteiger partial charge in [0.15, 0.2) is 0 Å². The summed E-state index contributed by atoms with van der Waals surface area (Å²) < 4.78 is 0. The minimum atomic E-state index is -0.280. The average Bonchev–Trinajstić information content (AvgIpc) is 2.43. The van der Waals surface area contributed by atoms with Crippen molar-refractivity contribution < 1.29 is 9.59 Å². The van der Waals surface area contributed by atoms with Gasteiger partial charge in [-0.25, -0.2) is 0 Å². The van der Waals surface area contributed by atoms with Gasteiger partial charge in [-0.1, -0.05) is 6.42 Å². The van der Waals surface area contributed by atoms with Crippen molar-refractivity contribution in [2.24, 2.45) is 5.73 Å². The van der Waals surface area contributed by atoms with E-state index in [-0.39, 0.29) is 30.9 Å². The van der Waals surface area contributed by atoms with Crippen LogP contribution < -0.4 is 11.1 Å². The highest BCUT2D eigenvalue weighted by atomic mass is 16.2. The van der Waals surface area contributed by atoms with Crippen molar-refractivity contribution >= 4 is 11.8 Å². The van der Waals surface area contributed by atoms with Crippen molar-refractivity contribution in [2.45, 2.75) is 38.3 Å². The van der Waals surface area contributed by atoms with Crippen molar-refractivity contribution in [3.8, 4) is 0 Å². The van der Waals surface area contributed by atoms with Crippen LogP contribution in [0.2, 0.25) is 0 Å². The maximum atomic E-state index is 12.2. The molecule has 2 saturated heterocycles. The van der Waals surface area contributed by atoms with Gasteiger partial charge < -0.3 is 16.0 Å². The number of hydrogen-bond donors (Lipinski definition) is 2. The summed E-state index contributed by atoms with van der Waals surface area (Å²) in [5, 5.41) is 2.55. The molecule has 2 aliphatic rings. The lowest BCUT2D eigenvalue weighted by Gasteiger charge is -2.47. The molecule has 2 fully saturated rings. The van der Waals surface area contributed by atoms with E-state index in [1.54, 1.807) is 0 Å². The van der Waals surface area contributed by atoms with Gasteiger partial charge in [-0.3, -0.25) is 14.5 Å². The van der Waals surface area contributed by atoms with E-state index in [2.05, 4.69) is 17.1 Å². The van der Waals surface area contributed by atoms with Gasteiger partial charge in [0.05, 0.1) is 13.1 Å². The molecule has 2 aliphatic heterocycles. The van der Waals surface area contributed by atoms with Gasteiger partial charge in [0.2, 0.25) is 11.8 Å². The smallest absolute Gasteiger partial charge is 0.242 e. The Hall–Kier alpha value is -1.14. The molecule has 0 aromatic heterocycles. The number of piperidine rings is 1. The third-order valence-corrected chi connectivity index (χ3v) is 4.13. The quantitative estimate of drug-likeness (QED) is 0.698. The number of piperazine rings is 1. The summed E-state index contributed by atoms with van der Waals surface area (Å²) in [6, 6.07) is 0.718. The second-order valence-corrected chi connectivity index (χ2v) is 5.52. The van der Waals surface area contributed by atoms with E-state index >= 15 is 0 Å². The van der Waals surface area contributed by atoms with Gasteiger partial charge in [-0.05, 0) is 26.3 Å². The first-order chi connectivity index (χ1) is 9.11. The Balaban J connectivity index is 1.88. The van der Waals surface area contributed by atoms with Crippen LogP contribution in [0.15, 0.2) is 0 Å². The fourth-order valence-corrected chi connectivity index (χ4v) is 3.05. The van der Waals surface area contributed by atoms with Crippen molar-refractivity contribution in [1.29, 1.82) is 0 Å². The van der Waals surface area contributed by atoms with Crippen LogP contribution in [0.25, 0.3) is 0 Å². The minimum Gasteiger partial charge on any atom is -0.346 e. The summed E-state index contributed by atoms with van der Waals surface area (Å²) in [5.41, 5.74) is 5.21. The number of nitrogens with two attached hydrogens (primary N) is 1. The van der Waals surface area contributed by atoms with Crippen molar-refractivity contribution in [1.82, 2.24) is 15.1 Å². The van der Waals surface area contributed by atoms with Gasteiger partial charge in [-0.2, -0.15) is 0 Å². The van der Waals surface area contributed by atoms with E-state index in [9.17, 15) is 9.59 Å². The molecule has 3 N–H and O–H groups in total. The molecule has 0 spiro atoms. The molecule has 19 heavy (non-hydrogen) atoms. The Morgan fingerprint density at radius 1 is 1.32 bits per heavy atom. The molecule has 0 aromatic carbocycles. The summed E-state index contributed by atoms with van der Waals surface area (Å²) in [5.74, 6) is -0.281. The van der Waals surface area contributed by atoms with E-state index in [1.165, 1.54) is 19.3 Å². The van der Waals surface area contributed by atoms with Crippen LogP contribution in [0.4, 0.5) is 0 Å². The van der Waals surface area contributed by atoms with Crippen LogP contribution in [0.3, 0.4) is 0 Å². The normalized spacial score (nSPS) is 27.8. The molecule has 2 rings (SSSR count). The lowest BCUT2D eigenvalue weighted by molar-refractivity contribution is -0.138. The molecule has 0 aromatic rings. The first-order valence-corrected chi connectivity index (χ1v) is 7.12. The molecule has 2 heterocycles. The Kier molecular flexibility index (Phi) is 4.76. The Morgan fingerprint density at radius 2 is 2.11 bits per heavy atom. The third kappa shape index (κ3) is 3.45. The van der Waals surface area contributed by atoms with Gasteiger partial charge >= 0.3 is 0 Å². The summed E-state index contributed by atoms with van der Waals surface area (Å²) in [6.07, 6.45) is 3.69. The highest BCUT2D eigenvalue weighted by Crippen LogP contribution is 2.23. The van der Waals surface area contributed by atoms with E-state index in [0.29, 0.717) is 6.04 Å². The Bertz CT molecular complexity index is 348. The number of fused-ring (bicyclic) bond motifs is 1. The third-order valence-electron chi connectivity index (χ3n) is 4.13. The summed E-state index contributed by atoms with van der Waals surface area (Å²) in [6.45, 7) is 4.96. The van der Waals surface area contributed by atoms with Crippen LogP contribution in [0.5, 0.6) is 0 Å². The van der Waals surface area contributed by atoms with Crippen LogP contribution in [0.1, 0.15) is 26.2 Å². The lowest BCUT2D eigenvalue weighted by atomic mass is 9.97. The summed E-state index contributed by atoms with van der Waals surface area (Å²) in [7, 11) is 0. The molecule has 6 nitrogen and oxygen atoms in total. The standard InChI is InChI=1S/C13H24N4O2/c1-10-8-16-5-3-2-4-11(16)9-17(10)13(19)7-15-12(18)6-14/h10-11H,2-9,14H2,1H3,(H,15,18). The molecule has 2 amide bonds. The molecular weight excluding hydrogens is 244 g/mol.